The number of carbonyl (C=O) groups excluding carboxylic acids is 1. The van der Waals surface area contributed by atoms with Gasteiger partial charge in [-0.2, -0.15) is 4.72 Å². The molecule has 0 aliphatic carbocycles. The molecule has 0 aliphatic heterocycles. The van der Waals surface area contributed by atoms with Crippen molar-refractivity contribution in [2.75, 3.05) is 6.54 Å². The van der Waals surface area contributed by atoms with Crippen LogP contribution in [0.5, 0.6) is 0 Å². The monoisotopic (exact) mass is 354 g/mol. The van der Waals surface area contributed by atoms with Gasteiger partial charge >= 0.3 is 0 Å². The van der Waals surface area contributed by atoms with Crippen molar-refractivity contribution in [2.24, 2.45) is 0 Å². The number of hydrogen-bond donors (Lipinski definition) is 2. The number of benzene rings is 1. The second kappa shape index (κ2) is 10.5. The van der Waals surface area contributed by atoms with Crippen molar-refractivity contribution in [3.63, 3.8) is 0 Å². The molecule has 1 amide bonds. The summed E-state index contributed by atoms with van der Waals surface area (Å²) in [6.45, 7) is 6.44. The Bertz CT molecular complexity index is 597. The van der Waals surface area contributed by atoms with E-state index in [1.54, 1.807) is 31.2 Å². The van der Waals surface area contributed by atoms with Gasteiger partial charge in [0.05, 0.1) is 4.90 Å². The van der Waals surface area contributed by atoms with Crippen molar-refractivity contribution in [2.45, 2.75) is 70.2 Å². The third-order valence-corrected chi connectivity index (χ3v) is 5.42. The van der Waals surface area contributed by atoms with Gasteiger partial charge < -0.3 is 5.32 Å². The van der Waals surface area contributed by atoms with E-state index in [2.05, 4.69) is 17.0 Å². The first-order valence-electron chi connectivity index (χ1n) is 8.77. The molecule has 0 heterocycles. The van der Waals surface area contributed by atoms with Crippen LogP contribution >= 0.6 is 0 Å². The Morgan fingerprint density at radius 3 is 2.25 bits per heavy atom. The van der Waals surface area contributed by atoms with Crippen LogP contribution in [0.3, 0.4) is 0 Å². The van der Waals surface area contributed by atoms with Crippen LogP contribution in [0.25, 0.3) is 0 Å². The van der Waals surface area contributed by atoms with Crippen molar-refractivity contribution in [1.82, 2.24) is 10.0 Å². The van der Waals surface area contributed by atoms with Gasteiger partial charge in [0.15, 0.2) is 0 Å². The Morgan fingerprint density at radius 1 is 1.04 bits per heavy atom. The van der Waals surface area contributed by atoms with Crippen LogP contribution in [0.2, 0.25) is 0 Å². The van der Waals surface area contributed by atoms with Gasteiger partial charge in [0.2, 0.25) is 15.9 Å². The predicted octanol–water partition coefficient (Wildman–Crippen LogP) is 3.14. The summed E-state index contributed by atoms with van der Waals surface area (Å²) in [4.78, 5) is 12.4. The Labute approximate surface area is 146 Å². The molecule has 0 bridgehead atoms. The predicted molar refractivity (Wildman–Crippen MR) is 97.3 cm³/mol. The van der Waals surface area contributed by atoms with Crippen LogP contribution in [0, 0.1) is 6.92 Å². The van der Waals surface area contributed by atoms with Gasteiger partial charge in [0.1, 0.15) is 6.04 Å². The van der Waals surface area contributed by atoms with Gasteiger partial charge in [-0.05, 0) is 31.9 Å². The lowest BCUT2D eigenvalue weighted by Crippen LogP contribution is -2.46. The first-order chi connectivity index (χ1) is 11.4. The lowest BCUT2D eigenvalue weighted by molar-refractivity contribution is -0.122. The number of carbonyl (C=O) groups is 1. The molecule has 1 atom stereocenters. The minimum Gasteiger partial charge on any atom is -0.355 e. The van der Waals surface area contributed by atoms with E-state index in [-0.39, 0.29) is 10.8 Å². The topological polar surface area (TPSA) is 75.3 Å². The average molecular weight is 355 g/mol. The number of amides is 1. The molecular formula is C18H30N2O3S. The highest BCUT2D eigenvalue weighted by atomic mass is 32.2. The van der Waals surface area contributed by atoms with Gasteiger partial charge in [-0.3, -0.25) is 4.79 Å². The van der Waals surface area contributed by atoms with E-state index in [9.17, 15) is 13.2 Å². The Morgan fingerprint density at radius 2 is 1.67 bits per heavy atom. The van der Waals surface area contributed by atoms with Crippen LogP contribution in [-0.4, -0.2) is 26.9 Å². The molecule has 1 rings (SSSR count). The smallest absolute Gasteiger partial charge is 0.241 e. The van der Waals surface area contributed by atoms with E-state index in [0.29, 0.717) is 13.0 Å². The fraction of sp³-hybridized carbons (Fsp3) is 0.611. The summed E-state index contributed by atoms with van der Waals surface area (Å²) in [5, 5.41) is 2.83. The van der Waals surface area contributed by atoms with Crippen molar-refractivity contribution in [3.05, 3.63) is 29.8 Å². The van der Waals surface area contributed by atoms with E-state index in [4.69, 9.17) is 0 Å². The van der Waals surface area contributed by atoms with Crippen LogP contribution in [0.15, 0.2) is 29.2 Å². The van der Waals surface area contributed by atoms with Crippen LogP contribution < -0.4 is 10.0 Å². The lowest BCUT2D eigenvalue weighted by Gasteiger charge is -2.17. The normalized spacial score (nSPS) is 12.8. The van der Waals surface area contributed by atoms with E-state index in [1.807, 2.05) is 6.92 Å². The Hall–Kier alpha value is -1.40. The minimum atomic E-state index is -3.69. The first-order valence-corrected chi connectivity index (χ1v) is 10.3. The molecule has 0 fully saturated rings. The highest BCUT2D eigenvalue weighted by molar-refractivity contribution is 7.89. The highest BCUT2D eigenvalue weighted by Gasteiger charge is 2.23. The molecule has 2 N–H and O–H groups in total. The van der Waals surface area contributed by atoms with Crippen LogP contribution in [-0.2, 0) is 14.8 Å². The molecule has 136 valence electrons. The van der Waals surface area contributed by atoms with Crippen molar-refractivity contribution < 1.29 is 13.2 Å². The van der Waals surface area contributed by atoms with Crippen molar-refractivity contribution in [1.29, 1.82) is 0 Å². The third-order valence-electron chi connectivity index (χ3n) is 3.93. The lowest BCUT2D eigenvalue weighted by atomic mass is 10.1. The van der Waals surface area contributed by atoms with Crippen LogP contribution in [0.4, 0.5) is 0 Å². The number of rotatable bonds is 11. The molecule has 0 saturated heterocycles. The fourth-order valence-corrected chi connectivity index (χ4v) is 3.64. The number of hydrogen-bond acceptors (Lipinski definition) is 3. The maximum absolute atomic E-state index is 12.4. The van der Waals surface area contributed by atoms with Gasteiger partial charge in [-0.15, -0.1) is 0 Å². The first kappa shape index (κ1) is 20.6. The summed E-state index contributed by atoms with van der Waals surface area (Å²) < 4.78 is 27.2. The van der Waals surface area contributed by atoms with Crippen molar-refractivity contribution >= 4 is 15.9 Å². The number of aryl methyl sites for hydroxylation is 1. The van der Waals surface area contributed by atoms with Crippen LogP contribution in [0.1, 0.15) is 57.9 Å². The average Bonchev–Trinajstić information content (AvgIpc) is 2.56. The minimum absolute atomic E-state index is 0.180. The molecule has 0 saturated carbocycles. The molecule has 0 aromatic heterocycles. The maximum Gasteiger partial charge on any atom is 0.241 e. The molecule has 1 unspecified atom stereocenters. The van der Waals surface area contributed by atoms with Gasteiger partial charge in [-0.1, -0.05) is 57.2 Å². The highest BCUT2D eigenvalue weighted by Crippen LogP contribution is 2.11. The molecule has 5 nitrogen and oxygen atoms in total. The van der Waals surface area contributed by atoms with Gasteiger partial charge in [-0.25, -0.2) is 8.42 Å². The van der Waals surface area contributed by atoms with Crippen molar-refractivity contribution in [3.8, 4) is 0 Å². The molecule has 0 radical (unpaired) electrons. The van der Waals surface area contributed by atoms with E-state index in [0.717, 1.165) is 18.4 Å². The standard InChI is InChI=1S/C18H30N2O3S/c1-4-6-7-8-9-14-19-18(21)17(5-2)20-24(22,23)16-12-10-15(3)11-13-16/h10-13,17,20H,4-9,14H2,1-3H3,(H,19,21). The maximum atomic E-state index is 12.4. The molecule has 6 heteroatoms. The summed E-state index contributed by atoms with van der Waals surface area (Å²) in [5.41, 5.74) is 0.988. The second-order valence-electron chi connectivity index (χ2n) is 6.10. The molecule has 1 aromatic rings. The van der Waals surface area contributed by atoms with Gasteiger partial charge in [0, 0.05) is 6.54 Å². The fourth-order valence-electron chi connectivity index (χ4n) is 2.36. The molecule has 24 heavy (non-hydrogen) atoms. The summed E-state index contributed by atoms with van der Waals surface area (Å²) >= 11 is 0. The Balaban J connectivity index is 2.53. The molecule has 0 aliphatic rings. The quantitative estimate of drug-likeness (QED) is 0.600. The number of nitrogens with one attached hydrogen (secondary N) is 2. The van der Waals surface area contributed by atoms with Gasteiger partial charge in [0.25, 0.3) is 0 Å². The zero-order chi connectivity index (χ0) is 18.0. The summed E-state index contributed by atoms with van der Waals surface area (Å²) in [6.07, 6.45) is 5.98. The summed E-state index contributed by atoms with van der Waals surface area (Å²) in [5.74, 6) is -0.260. The Kier molecular flexibility index (Phi) is 9.00. The SMILES string of the molecule is CCCCCCCNC(=O)C(CC)NS(=O)(=O)c1ccc(C)cc1. The molecule has 0 spiro atoms. The van der Waals surface area contributed by atoms with E-state index in [1.165, 1.54) is 19.3 Å². The summed E-state index contributed by atoms with van der Waals surface area (Å²) in [7, 11) is -3.69. The number of unbranched alkanes of at least 4 members (excludes halogenated alkanes) is 4. The zero-order valence-corrected chi connectivity index (χ0v) is 15.8. The second-order valence-corrected chi connectivity index (χ2v) is 7.81. The number of sulfonamides is 1. The van der Waals surface area contributed by atoms with E-state index >= 15 is 0 Å². The third kappa shape index (κ3) is 7.01. The largest absolute Gasteiger partial charge is 0.355 e. The summed E-state index contributed by atoms with van der Waals surface area (Å²) in [6, 6.07) is 5.84. The zero-order valence-electron chi connectivity index (χ0n) is 15.0. The molecular weight excluding hydrogens is 324 g/mol. The molecule has 1 aromatic carbocycles. The van der Waals surface area contributed by atoms with E-state index < -0.39 is 16.1 Å².